The molecule has 5 atom stereocenters. The number of carbonyl (C=O) groups excluding carboxylic acids is 1. The van der Waals surface area contributed by atoms with Crippen LogP contribution < -0.4 is 5.73 Å². The highest BCUT2D eigenvalue weighted by atomic mass is 19.1. The molecule has 3 rings (SSSR count). The maximum atomic E-state index is 12.8. The summed E-state index contributed by atoms with van der Waals surface area (Å²) in [7, 11) is 0. The zero-order valence-corrected chi connectivity index (χ0v) is 14.0. The van der Waals surface area contributed by atoms with Gasteiger partial charge in [0.05, 0.1) is 36.8 Å². The number of halogens is 1. The van der Waals surface area contributed by atoms with Gasteiger partial charge in [0.25, 0.3) is 0 Å². The van der Waals surface area contributed by atoms with Crippen LogP contribution in [-0.2, 0) is 16.1 Å². The monoisotopic (exact) mass is 334 g/mol. The third kappa shape index (κ3) is 2.96. The number of fused-ring (bicyclic) bond motifs is 1. The first-order valence-corrected chi connectivity index (χ1v) is 8.28. The van der Waals surface area contributed by atoms with E-state index in [-0.39, 0.29) is 29.8 Å². The lowest BCUT2D eigenvalue weighted by Crippen LogP contribution is -2.56. The Balaban J connectivity index is 1.98. The predicted molar refractivity (Wildman–Crippen MR) is 84.4 cm³/mol. The first-order valence-electron chi connectivity index (χ1n) is 8.28. The molecule has 2 N–H and O–H groups in total. The molecule has 0 amide bonds. The Morgan fingerprint density at radius 3 is 2.96 bits per heavy atom. The molecule has 0 bridgehead atoms. The van der Waals surface area contributed by atoms with Crippen LogP contribution in [0.15, 0.2) is 12.4 Å². The van der Waals surface area contributed by atoms with Crippen LogP contribution in [0.3, 0.4) is 0 Å². The highest BCUT2D eigenvalue weighted by Crippen LogP contribution is 2.49. The average molecular weight is 334 g/mol. The SMILES string of the molecule is CC1(C)CC(=O)[C@H]2[C@@H](c3cnn(CCF)c3)[C@@H](C#N)[C@@H](N)O[C@H]2C1. The second-order valence-corrected chi connectivity index (χ2v) is 7.58. The summed E-state index contributed by atoms with van der Waals surface area (Å²) < 4.78 is 19.9. The number of nitrogens with zero attached hydrogens (tertiary/aromatic N) is 3. The molecule has 1 saturated carbocycles. The van der Waals surface area contributed by atoms with Crippen molar-refractivity contribution in [1.82, 2.24) is 9.78 Å². The summed E-state index contributed by atoms with van der Waals surface area (Å²) >= 11 is 0. The third-order valence-corrected chi connectivity index (χ3v) is 5.14. The molecule has 2 fully saturated rings. The summed E-state index contributed by atoms with van der Waals surface area (Å²) in [5, 5.41) is 13.7. The van der Waals surface area contributed by atoms with Gasteiger partial charge in [-0.1, -0.05) is 13.8 Å². The molecule has 0 spiro atoms. The van der Waals surface area contributed by atoms with Gasteiger partial charge in [-0.3, -0.25) is 9.48 Å². The van der Waals surface area contributed by atoms with Crippen molar-refractivity contribution in [3.63, 3.8) is 0 Å². The van der Waals surface area contributed by atoms with E-state index >= 15 is 0 Å². The molecular formula is C17H23FN4O2. The minimum Gasteiger partial charge on any atom is -0.358 e. The molecule has 1 aliphatic carbocycles. The lowest BCUT2D eigenvalue weighted by molar-refractivity contribution is -0.163. The van der Waals surface area contributed by atoms with Crippen molar-refractivity contribution in [2.24, 2.45) is 23.0 Å². The molecule has 24 heavy (non-hydrogen) atoms. The van der Waals surface area contributed by atoms with Gasteiger partial charge < -0.3 is 10.5 Å². The van der Waals surface area contributed by atoms with Crippen LogP contribution in [-0.4, -0.2) is 34.6 Å². The Labute approximate surface area is 140 Å². The van der Waals surface area contributed by atoms with Gasteiger partial charge in [0.2, 0.25) is 0 Å². The highest BCUT2D eigenvalue weighted by molar-refractivity contribution is 5.84. The first kappa shape index (κ1) is 17.1. The van der Waals surface area contributed by atoms with Crippen molar-refractivity contribution in [2.75, 3.05) is 6.67 Å². The maximum Gasteiger partial charge on any atom is 0.139 e. The van der Waals surface area contributed by atoms with Crippen LogP contribution in [0.4, 0.5) is 4.39 Å². The number of carbonyl (C=O) groups is 1. The Morgan fingerprint density at radius 1 is 1.54 bits per heavy atom. The van der Waals surface area contributed by atoms with Gasteiger partial charge in [0.15, 0.2) is 0 Å². The van der Waals surface area contributed by atoms with Crippen LogP contribution >= 0.6 is 0 Å². The zero-order chi connectivity index (χ0) is 17.5. The second-order valence-electron chi connectivity index (χ2n) is 7.58. The van der Waals surface area contributed by atoms with E-state index < -0.39 is 24.7 Å². The van der Waals surface area contributed by atoms with E-state index in [0.29, 0.717) is 6.42 Å². The number of alkyl halides is 1. The largest absolute Gasteiger partial charge is 0.358 e. The molecule has 1 aliphatic heterocycles. The Morgan fingerprint density at radius 2 is 2.29 bits per heavy atom. The van der Waals surface area contributed by atoms with E-state index in [0.717, 1.165) is 12.0 Å². The van der Waals surface area contributed by atoms with Gasteiger partial charge in [-0.05, 0) is 17.4 Å². The fourth-order valence-electron chi connectivity index (χ4n) is 4.15. The summed E-state index contributed by atoms with van der Waals surface area (Å²) in [5.41, 5.74) is 6.70. The number of Topliss-reactive ketones (excluding diaryl/α,β-unsaturated/α-hetero) is 1. The number of aryl methyl sites for hydroxylation is 1. The second kappa shape index (κ2) is 6.26. The topological polar surface area (TPSA) is 93.9 Å². The molecule has 1 saturated heterocycles. The van der Waals surface area contributed by atoms with Crippen molar-refractivity contribution in [3.8, 4) is 6.07 Å². The summed E-state index contributed by atoms with van der Waals surface area (Å²) in [6, 6.07) is 2.20. The van der Waals surface area contributed by atoms with Gasteiger partial charge >= 0.3 is 0 Å². The summed E-state index contributed by atoms with van der Waals surface area (Å²) in [6.45, 7) is 3.72. The zero-order valence-electron chi connectivity index (χ0n) is 14.0. The van der Waals surface area contributed by atoms with Crippen LogP contribution in [0, 0.1) is 28.6 Å². The maximum absolute atomic E-state index is 12.8. The van der Waals surface area contributed by atoms with Crippen molar-refractivity contribution >= 4 is 5.78 Å². The van der Waals surface area contributed by atoms with Crippen LogP contribution in [0.2, 0.25) is 0 Å². The summed E-state index contributed by atoms with van der Waals surface area (Å²) in [5.74, 6) is -1.28. The smallest absolute Gasteiger partial charge is 0.139 e. The van der Waals surface area contributed by atoms with Crippen molar-refractivity contribution in [1.29, 1.82) is 5.26 Å². The van der Waals surface area contributed by atoms with E-state index in [1.54, 1.807) is 12.4 Å². The van der Waals surface area contributed by atoms with Crippen molar-refractivity contribution in [2.45, 2.75) is 51.5 Å². The lowest BCUT2D eigenvalue weighted by Gasteiger charge is -2.48. The highest BCUT2D eigenvalue weighted by Gasteiger charge is 2.53. The molecule has 0 radical (unpaired) electrons. The molecular weight excluding hydrogens is 311 g/mol. The summed E-state index contributed by atoms with van der Waals surface area (Å²) in [4.78, 5) is 12.8. The normalized spacial score (nSPS) is 35.3. The number of nitrogens with two attached hydrogens (primary N) is 1. The number of nitriles is 1. The number of rotatable bonds is 3. The van der Waals surface area contributed by atoms with Crippen molar-refractivity contribution < 1.29 is 13.9 Å². The molecule has 7 heteroatoms. The van der Waals surface area contributed by atoms with E-state index in [2.05, 4.69) is 11.2 Å². The summed E-state index contributed by atoms with van der Waals surface area (Å²) in [6.07, 6.45) is 3.48. The number of aromatic nitrogens is 2. The fourth-order valence-corrected chi connectivity index (χ4v) is 4.15. The van der Waals surface area contributed by atoms with Gasteiger partial charge in [0.1, 0.15) is 18.7 Å². The standard InChI is InChI=1S/C17H23FN4O2/c1-17(2)5-12(23)15-13(6-17)24-16(20)11(7-19)14(15)10-8-21-22(9-10)4-3-18/h8-9,11,13-16H,3-6,20H2,1-2H3/t11-,13+,14+,15-,16+/m1/s1. The number of hydrogen-bond donors (Lipinski definition) is 1. The molecule has 0 unspecified atom stereocenters. The fraction of sp³-hybridized carbons (Fsp3) is 0.706. The van der Waals surface area contributed by atoms with E-state index in [1.165, 1.54) is 4.68 Å². The molecule has 1 aromatic heterocycles. The van der Waals surface area contributed by atoms with Crippen LogP contribution in [0.1, 0.15) is 38.2 Å². The molecule has 2 aliphatic rings. The Kier molecular flexibility index (Phi) is 4.45. The number of ketones is 1. The lowest BCUT2D eigenvalue weighted by atomic mass is 9.62. The molecule has 2 heterocycles. The Hall–Kier alpha value is -1.78. The number of ether oxygens (including phenoxy) is 1. The van der Waals surface area contributed by atoms with E-state index in [1.807, 2.05) is 13.8 Å². The predicted octanol–water partition coefficient (Wildman–Crippen LogP) is 1.76. The quantitative estimate of drug-likeness (QED) is 0.909. The van der Waals surface area contributed by atoms with E-state index in [4.69, 9.17) is 10.5 Å². The molecule has 6 nitrogen and oxygen atoms in total. The Bertz CT molecular complexity index is 666. The minimum absolute atomic E-state index is 0.103. The third-order valence-electron chi connectivity index (χ3n) is 5.14. The molecule has 1 aromatic rings. The van der Waals surface area contributed by atoms with Crippen molar-refractivity contribution in [3.05, 3.63) is 18.0 Å². The van der Waals surface area contributed by atoms with E-state index in [9.17, 15) is 14.4 Å². The number of hydrogen-bond acceptors (Lipinski definition) is 5. The minimum atomic E-state index is -0.743. The van der Waals surface area contributed by atoms with Crippen LogP contribution in [0.25, 0.3) is 0 Å². The van der Waals surface area contributed by atoms with Gasteiger partial charge in [-0.25, -0.2) is 4.39 Å². The van der Waals surface area contributed by atoms with Gasteiger partial charge in [-0.15, -0.1) is 0 Å². The molecule has 0 aromatic carbocycles. The van der Waals surface area contributed by atoms with Crippen LogP contribution in [0.5, 0.6) is 0 Å². The average Bonchev–Trinajstić information content (AvgIpc) is 2.93. The molecule has 130 valence electrons. The van der Waals surface area contributed by atoms with Gasteiger partial charge in [-0.2, -0.15) is 10.4 Å². The van der Waals surface area contributed by atoms with Gasteiger partial charge in [0, 0.05) is 18.5 Å². The first-order chi connectivity index (χ1) is 11.4.